The van der Waals surface area contributed by atoms with E-state index in [4.69, 9.17) is 9.47 Å². The standard InChI is InChI=1S/C22H29N5O3/c1-15-19(24-14-25-20(15)30-18-6-5-9-23-16(18)2)27-10-7-22(8-11-27)12-17(13-26(3)4)29-21(22)28/h5-6,9,14,17H,7-8,10-13H2,1-4H3. The molecule has 0 aromatic carbocycles. The summed E-state index contributed by atoms with van der Waals surface area (Å²) >= 11 is 0. The quantitative estimate of drug-likeness (QED) is 0.695. The van der Waals surface area contributed by atoms with Crippen LogP contribution in [0.15, 0.2) is 24.7 Å². The second-order valence-corrected chi connectivity index (χ2v) is 8.58. The van der Waals surface area contributed by atoms with Crippen LogP contribution in [0.25, 0.3) is 0 Å². The Balaban J connectivity index is 1.47. The minimum Gasteiger partial charge on any atom is -0.461 e. The molecule has 0 bridgehead atoms. The van der Waals surface area contributed by atoms with E-state index in [1.165, 1.54) is 6.33 Å². The Hall–Kier alpha value is -2.74. The number of likely N-dealkylation sites (N-methyl/N-ethyl adjacent to an activating group) is 1. The molecule has 4 rings (SSSR count). The SMILES string of the molecule is Cc1ncccc1Oc1ncnc(N2CCC3(CC2)CC(CN(C)C)OC3=O)c1C. The van der Waals surface area contributed by atoms with Crippen LogP contribution < -0.4 is 9.64 Å². The summed E-state index contributed by atoms with van der Waals surface area (Å²) in [7, 11) is 4.01. The van der Waals surface area contributed by atoms with Crippen molar-refractivity contribution in [1.82, 2.24) is 19.9 Å². The zero-order valence-electron chi connectivity index (χ0n) is 18.1. The first kappa shape index (κ1) is 20.5. The van der Waals surface area contributed by atoms with E-state index in [0.29, 0.717) is 11.6 Å². The fourth-order valence-electron chi connectivity index (χ4n) is 4.43. The summed E-state index contributed by atoms with van der Waals surface area (Å²) < 4.78 is 11.7. The average Bonchev–Trinajstić information content (AvgIpc) is 3.00. The number of hydrogen-bond donors (Lipinski definition) is 0. The molecule has 1 spiro atoms. The first-order valence-corrected chi connectivity index (χ1v) is 10.4. The van der Waals surface area contributed by atoms with E-state index in [9.17, 15) is 4.79 Å². The van der Waals surface area contributed by atoms with Gasteiger partial charge < -0.3 is 19.3 Å². The van der Waals surface area contributed by atoms with Crippen molar-refractivity contribution in [1.29, 1.82) is 0 Å². The summed E-state index contributed by atoms with van der Waals surface area (Å²) in [6.07, 6.45) is 5.61. The number of anilines is 1. The number of ether oxygens (including phenoxy) is 2. The van der Waals surface area contributed by atoms with Gasteiger partial charge in [0.25, 0.3) is 0 Å². The van der Waals surface area contributed by atoms with Gasteiger partial charge in [-0.15, -0.1) is 0 Å². The number of aromatic nitrogens is 3. The third kappa shape index (κ3) is 3.96. The fraction of sp³-hybridized carbons (Fsp3) is 0.545. The molecule has 0 saturated carbocycles. The third-order valence-electron chi connectivity index (χ3n) is 6.09. The molecule has 0 amide bonds. The van der Waals surface area contributed by atoms with Crippen molar-refractivity contribution in [3.05, 3.63) is 35.9 Å². The highest BCUT2D eigenvalue weighted by molar-refractivity contribution is 5.79. The average molecular weight is 412 g/mol. The topological polar surface area (TPSA) is 80.7 Å². The van der Waals surface area contributed by atoms with Crippen molar-refractivity contribution in [3.63, 3.8) is 0 Å². The van der Waals surface area contributed by atoms with Gasteiger partial charge in [-0.25, -0.2) is 9.97 Å². The monoisotopic (exact) mass is 411 g/mol. The van der Waals surface area contributed by atoms with E-state index >= 15 is 0 Å². The van der Waals surface area contributed by atoms with Gasteiger partial charge in [0.05, 0.1) is 16.7 Å². The molecule has 4 heterocycles. The Kier molecular flexibility index (Phi) is 5.60. The van der Waals surface area contributed by atoms with Crippen LogP contribution in [-0.4, -0.2) is 65.7 Å². The Morgan fingerprint density at radius 2 is 2.00 bits per heavy atom. The predicted octanol–water partition coefficient (Wildman–Crippen LogP) is 2.74. The molecule has 2 aliphatic rings. The smallest absolute Gasteiger partial charge is 0.312 e. The van der Waals surface area contributed by atoms with Gasteiger partial charge in [-0.3, -0.25) is 9.78 Å². The molecule has 30 heavy (non-hydrogen) atoms. The second-order valence-electron chi connectivity index (χ2n) is 8.58. The lowest BCUT2D eigenvalue weighted by atomic mass is 9.76. The van der Waals surface area contributed by atoms with Gasteiger partial charge in [-0.05, 0) is 52.9 Å². The van der Waals surface area contributed by atoms with Gasteiger partial charge in [0.15, 0.2) is 5.75 Å². The molecule has 2 aliphatic heterocycles. The number of carbonyl (C=O) groups is 1. The van der Waals surface area contributed by atoms with Gasteiger partial charge in [0.1, 0.15) is 18.2 Å². The molecule has 8 nitrogen and oxygen atoms in total. The van der Waals surface area contributed by atoms with Crippen LogP contribution >= 0.6 is 0 Å². The molecule has 1 atom stereocenters. The van der Waals surface area contributed by atoms with E-state index in [-0.39, 0.29) is 17.5 Å². The number of esters is 1. The predicted molar refractivity (Wildman–Crippen MR) is 113 cm³/mol. The highest BCUT2D eigenvalue weighted by Crippen LogP contribution is 2.44. The number of aryl methyl sites for hydroxylation is 1. The summed E-state index contributed by atoms with van der Waals surface area (Å²) in [5, 5.41) is 0. The molecule has 0 N–H and O–H groups in total. The van der Waals surface area contributed by atoms with Gasteiger partial charge in [0, 0.05) is 32.3 Å². The Morgan fingerprint density at radius 1 is 1.23 bits per heavy atom. The van der Waals surface area contributed by atoms with Crippen LogP contribution in [0.2, 0.25) is 0 Å². The van der Waals surface area contributed by atoms with Crippen LogP contribution in [0, 0.1) is 19.3 Å². The van der Waals surface area contributed by atoms with Gasteiger partial charge >= 0.3 is 5.97 Å². The van der Waals surface area contributed by atoms with Crippen molar-refractivity contribution >= 4 is 11.8 Å². The zero-order valence-corrected chi connectivity index (χ0v) is 18.1. The summed E-state index contributed by atoms with van der Waals surface area (Å²) in [4.78, 5) is 30.0. The second kappa shape index (κ2) is 8.18. The third-order valence-corrected chi connectivity index (χ3v) is 6.09. The van der Waals surface area contributed by atoms with Gasteiger partial charge in [-0.2, -0.15) is 0 Å². The van der Waals surface area contributed by atoms with Crippen LogP contribution in [0.5, 0.6) is 11.6 Å². The molecular weight excluding hydrogens is 382 g/mol. The first-order valence-electron chi connectivity index (χ1n) is 10.4. The van der Waals surface area contributed by atoms with E-state index in [1.807, 2.05) is 40.1 Å². The van der Waals surface area contributed by atoms with Crippen molar-refractivity contribution in [3.8, 4) is 11.6 Å². The summed E-state index contributed by atoms with van der Waals surface area (Å²) in [5.41, 5.74) is 1.34. The lowest BCUT2D eigenvalue weighted by Gasteiger charge is -2.37. The minimum atomic E-state index is -0.357. The lowest BCUT2D eigenvalue weighted by Crippen LogP contribution is -2.43. The maximum Gasteiger partial charge on any atom is 0.312 e. The minimum absolute atomic E-state index is 0.0115. The molecule has 8 heteroatoms. The molecule has 2 aromatic heterocycles. The molecule has 0 radical (unpaired) electrons. The number of hydrogen-bond acceptors (Lipinski definition) is 8. The molecular formula is C22H29N5O3. The van der Waals surface area contributed by atoms with Crippen LogP contribution in [0.4, 0.5) is 5.82 Å². The first-order chi connectivity index (χ1) is 14.4. The summed E-state index contributed by atoms with van der Waals surface area (Å²) in [6.45, 7) is 6.16. The summed E-state index contributed by atoms with van der Waals surface area (Å²) in [6, 6.07) is 3.72. The Morgan fingerprint density at radius 3 is 2.70 bits per heavy atom. The lowest BCUT2D eigenvalue weighted by molar-refractivity contribution is -0.150. The molecule has 2 saturated heterocycles. The fourth-order valence-corrected chi connectivity index (χ4v) is 4.43. The van der Waals surface area contributed by atoms with Gasteiger partial charge in [-0.1, -0.05) is 0 Å². The van der Waals surface area contributed by atoms with Crippen molar-refractivity contribution < 1.29 is 14.3 Å². The van der Waals surface area contributed by atoms with Crippen molar-refractivity contribution in [2.75, 3.05) is 38.6 Å². The maximum atomic E-state index is 12.6. The zero-order chi connectivity index (χ0) is 21.3. The highest BCUT2D eigenvalue weighted by atomic mass is 16.6. The van der Waals surface area contributed by atoms with Crippen molar-refractivity contribution in [2.24, 2.45) is 5.41 Å². The molecule has 1 unspecified atom stereocenters. The number of cyclic esters (lactones) is 1. The van der Waals surface area contributed by atoms with E-state index in [2.05, 4.69) is 24.8 Å². The molecule has 160 valence electrons. The number of rotatable bonds is 5. The van der Waals surface area contributed by atoms with Crippen LogP contribution in [-0.2, 0) is 9.53 Å². The molecule has 2 fully saturated rings. The van der Waals surface area contributed by atoms with Crippen LogP contribution in [0.1, 0.15) is 30.5 Å². The molecule has 2 aromatic rings. The number of pyridine rings is 1. The summed E-state index contributed by atoms with van der Waals surface area (Å²) in [5.74, 6) is 2.03. The van der Waals surface area contributed by atoms with Crippen LogP contribution in [0.3, 0.4) is 0 Å². The van der Waals surface area contributed by atoms with E-state index < -0.39 is 0 Å². The normalized spacial score (nSPS) is 20.6. The Labute approximate surface area is 177 Å². The number of piperidine rings is 1. The Bertz CT molecular complexity index is 925. The number of nitrogens with zero attached hydrogens (tertiary/aromatic N) is 5. The number of carbonyl (C=O) groups excluding carboxylic acids is 1. The van der Waals surface area contributed by atoms with E-state index in [1.54, 1.807) is 6.20 Å². The maximum absolute atomic E-state index is 12.6. The largest absolute Gasteiger partial charge is 0.461 e. The van der Waals surface area contributed by atoms with E-state index in [0.717, 1.165) is 56.0 Å². The van der Waals surface area contributed by atoms with Crippen molar-refractivity contribution in [2.45, 2.75) is 39.2 Å². The van der Waals surface area contributed by atoms with Gasteiger partial charge in [0.2, 0.25) is 5.88 Å². The highest BCUT2D eigenvalue weighted by Gasteiger charge is 2.50. The molecule has 0 aliphatic carbocycles.